The molecule has 128 valence electrons. The minimum Gasteiger partial charge on any atom is -0.351 e. The average molecular weight is 331 g/mol. The summed E-state index contributed by atoms with van der Waals surface area (Å²) in [5, 5.41) is 10.2. The van der Waals surface area contributed by atoms with Gasteiger partial charge in [0.15, 0.2) is 5.69 Å². The maximum atomic E-state index is 12.8. The molecule has 0 saturated heterocycles. The lowest BCUT2D eigenvalue weighted by Crippen LogP contribution is -2.38. The van der Waals surface area contributed by atoms with Crippen molar-refractivity contribution in [1.82, 2.24) is 25.0 Å². The number of nitrogens with zero attached hydrogens (tertiary/aromatic N) is 3. The van der Waals surface area contributed by atoms with Gasteiger partial charge < -0.3 is 15.2 Å². The largest absolute Gasteiger partial charge is 0.351 e. The maximum Gasteiger partial charge on any atom is 0.276 e. The zero-order valence-electron chi connectivity index (χ0n) is 14.2. The summed E-state index contributed by atoms with van der Waals surface area (Å²) in [5.74, 6) is -0.599. The summed E-state index contributed by atoms with van der Waals surface area (Å²) in [6, 6.07) is 1.30. The summed E-state index contributed by atoms with van der Waals surface area (Å²) in [4.78, 5) is 37.4. The molecule has 0 radical (unpaired) electrons. The number of rotatable bonds is 3. The van der Waals surface area contributed by atoms with E-state index in [1.165, 1.54) is 4.68 Å². The highest BCUT2D eigenvalue weighted by Crippen LogP contribution is 2.27. The van der Waals surface area contributed by atoms with E-state index in [2.05, 4.69) is 15.7 Å². The number of carbonyl (C=O) groups excluding carboxylic acids is 2. The molecule has 2 aromatic rings. The Morgan fingerprint density at radius 2 is 2.17 bits per heavy atom. The fraction of sp³-hybridized carbons (Fsp3) is 0.500. The fourth-order valence-electron chi connectivity index (χ4n) is 3.06. The standard InChI is InChI=1S/C16H21N5O3/c1-5-17-15(23)12-13-10(16(24)21(19-12)8(2)3)6-11-14(22)18-7-9(4)20(11)13/h6,8-9H,5,7H2,1-4H3,(H,17,23)(H,18,22). The molecule has 0 saturated carbocycles. The van der Waals surface area contributed by atoms with Crippen molar-refractivity contribution in [3.63, 3.8) is 0 Å². The van der Waals surface area contributed by atoms with Crippen molar-refractivity contribution < 1.29 is 9.59 Å². The van der Waals surface area contributed by atoms with Crippen LogP contribution in [-0.2, 0) is 0 Å². The lowest BCUT2D eigenvalue weighted by molar-refractivity contribution is 0.0914. The average Bonchev–Trinajstić information content (AvgIpc) is 2.93. The van der Waals surface area contributed by atoms with Gasteiger partial charge in [-0.15, -0.1) is 0 Å². The second-order valence-corrected chi connectivity index (χ2v) is 6.27. The molecule has 0 spiro atoms. The second kappa shape index (κ2) is 5.77. The van der Waals surface area contributed by atoms with Crippen molar-refractivity contribution in [2.75, 3.05) is 13.1 Å². The molecular weight excluding hydrogens is 310 g/mol. The topological polar surface area (TPSA) is 98.0 Å². The molecule has 24 heavy (non-hydrogen) atoms. The van der Waals surface area contributed by atoms with E-state index in [1.54, 1.807) is 10.6 Å². The molecule has 2 aromatic heterocycles. The molecule has 3 heterocycles. The highest BCUT2D eigenvalue weighted by Gasteiger charge is 2.30. The lowest BCUT2D eigenvalue weighted by Gasteiger charge is -2.24. The monoisotopic (exact) mass is 331 g/mol. The molecule has 0 bridgehead atoms. The molecule has 2 amide bonds. The molecule has 0 fully saturated rings. The van der Waals surface area contributed by atoms with Crippen molar-refractivity contribution in [2.45, 2.75) is 39.8 Å². The number of amides is 2. The summed E-state index contributed by atoms with van der Waals surface area (Å²) >= 11 is 0. The number of hydrogen-bond acceptors (Lipinski definition) is 4. The number of hydrogen-bond donors (Lipinski definition) is 2. The first-order chi connectivity index (χ1) is 11.4. The van der Waals surface area contributed by atoms with E-state index < -0.39 is 0 Å². The maximum absolute atomic E-state index is 12.8. The van der Waals surface area contributed by atoms with Gasteiger partial charge in [-0.1, -0.05) is 0 Å². The Bertz CT molecular complexity index is 893. The van der Waals surface area contributed by atoms with E-state index >= 15 is 0 Å². The van der Waals surface area contributed by atoms with E-state index in [0.717, 1.165) is 0 Å². The van der Waals surface area contributed by atoms with Crippen LogP contribution < -0.4 is 16.2 Å². The number of nitrogens with one attached hydrogen (secondary N) is 2. The summed E-state index contributed by atoms with van der Waals surface area (Å²) in [6.07, 6.45) is 0. The predicted octanol–water partition coefficient (Wildman–Crippen LogP) is 0.833. The first kappa shape index (κ1) is 16.2. The SMILES string of the molecule is CCNC(=O)c1nn(C(C)C)c(=O)c2cc3n(c12)C(C)CNC3=O. The van der Waals surface area contributed by atoms with Gasteiger partial charge in [-0.25, -0.2) is 4.68 Å². The van der Waals surface area contributed by atoms with Gasteiger partial charge in [0.1, 0.15) is 5.69 Å². The Balaban J connectivity index is 2.43. The molecule has 3 rings (SSSR count). The van der Waals surface area contributed by atoms with Gasteiger partial charge >= 0.3 is 0 Å². The summed E-state index contributed by atoms with van der Waals surface area (Å²) in [6.45, 7) is 8.29. The highest BCUT2D eigenvalue weighted by molar-refractivity contribution is 6.07. The van der Waals surface area contributed by atoms with Crippen LogP contribution in [0.1, 0.15) is 60.8 Å². The highest BCUT2D eigenvalue weighted by atomic mass is 16.2. The van der Waals surface area contributed by atoms with E-state index in [9.17, 15) is 14.4 Å². The molecule has 1 unspecified atom stereocenters. The summed E-state index contributed by atoms with van der Waals surface area (Å²) in [5.41, 5.74) is 0.692. The molecule has 8 heteroatoms. The van der Waals surface area contributed by atoms with Crippen molar-refractivity contribution in [3.8, 4) is 0 Å². The Hall–Kier alpha value is -2.64. The van der Waals surface area contributed by atoms with Crippen LogP contribution in [-0.4, -0.2) is 39.3 Å². The van der Waals surface area contributed by atoms with Crippen LogP contribution in [0.25, 0.3) is 10.9 Å². The van der Waals surface area contributed by atoms with Crippen LogP contribution in [0.4, 0.5) is 0 Å². The van der Waals surface area contributed by atoms with Crippen LogP contribution in [0.15, 0.2) is 10.9 Å². The molecule has 8 nitrogen and oxygen atoms in total. The van der Waals surface area contributed by atoms with Gasteiger partial charge in [0.2, 0.25) is 0 Å². The second-order valence-electron chi connectivity index (χ2n) is 6.27. The molecule has 2 N–H and O–H groups in total. The minimum atomic E-state index is -0.351. The van der Waals surface area contributed by atoms with Crippen LogP contribution in [0.2, 0.25) is 0 Å². The van der Waals surface area contributed by atoms with Gasteiger partial charge in [0.05, 0.1) is 16.9 Å². The van der Waals surface area contributed by atoms with Crippen molar-refractivity contribution in [1.29, 1.82) is 0 Å². The molecule has 1 atom stereocenters. The third-order valence-electron chi connectivity index (χ3n) is 4.18. The number of aromatic nitrogens is 3. The minimum absolute atomic E-state index is 0.0699. The summed E-state index contributed by atoms with van der Waals surface area (Å²) < 4.78 is 3.04. The first-order valence-corrected chi connectivity index (χ1v) is 8.11. The van der Waals surface area contributed by atoms with Gasteiger partial charge in [0, 0.05) is 19.1 Å². The molecule has 1 aliphatic heterocycles. The Morgan fingerprint density at radius 1 is 1.46 bits per heavy atom. The van der Waals surface area contributed by atoms with E-state index in [1.807, 2.05) is 27.7 Å². The van der Waals surface area contributed by atoms with E-state index in [-0.39, 0.29) is 35.2 Å². The van der Waals surface area contributed by atoms with Crippen molar-refractivity contribution >= 4 is 22.7 Å². The van der Waals surface area contributed by atoms with Gasteiger partial charge in [-0.3, -0.25) is 14.4 Å². The van der Waals surface area contributed by atoms with Crippen LogP contribution >= 0.6 is 0 Å². The molecule has 1 aliphatic rings. The zero-order valence-corrected chi connectivity index (χ0v) is 14.2. The van der Waals surface area contributed by atoms with E-state index in [0.29, 0.717) is 29.7 Å². The van der Waals surface area contributed by atoms with Crippen molar-refractivity contribution in [3.05, 3.63) is 27.8 Å². The third-order valence-corrected chi connectivity index (χ3v) is 4.18. The molecule has 0 aliphatic carbocycles. The predicted molar refractivity (Wildman–Crippen MR) is 89.4 cm³/mol. The number of fused-ring (bicyclic) bond motifs is 3. The fourth-order valence-corrected chi connectivity index (χ4v) is 3.06. The van der Waals surface area contributed by atoms with Gasteiger partial charge in [-0.05, 0) is 33.8 Å². The third kappa shape index (κ3) is 2.29. The quantitative estimate of drug-likeness (QED) is 0.870. The van der Waals surface area contributed by atoms with Crippen LogP contribution in [0.5, 0.6) is 0 Å². The van der Waals surface area contributed by atoms with Crippen LogP contribution in [0.3, 0.4) is 0 Å². The van der Waals surface area contributed by atoms with Crippen LogP contribution in [0, 0.1) is 0 Å². The molecule has 0 aromatic carbocycles. The first-order valence-electron chi connectivity index (χ1n) is 8.11. The number of carbonyl (C=O) groups is 2. The van der Waals surface area contributed by atoms with Crippen molar-refractivity contribution in [2.24, 2.45) is 0 Å². The Labute approximate surface area is 138 Å². The molecular formula is C16H21N5O3. The summed E-state index contributed by atoms with van der Waals surface area (Å²) in [7, 11) is 0. The zero-order chi connectivity index (χ0) is 17.6. The van der Waals surface area contributed by atoms with Gasteiger partial charge in [0.25, 0.3) is 17.4 Å². The normalized spacial score (nSPS) is 17.0. The van der Waals surface area contributed by atoms with E-state index in [4.69, 9.17) is 0 Å². The smallest absolute Gasteiger partial charge is 0.276 e. The lowest BCUT2D eigenvalue weighted by atomic mass is 10.2. The Morgan fingerprint density at radius 3 is 2.79 bits per heavy atom. The van der Waals surface area contributed by atoms with Gasteiger partial charge in [-0.2, -0.15) is 5.10 Å². The Kier molecular flexibility index (Phi) is 3.90.